The number of aryl methyl sites for hydroxylation is 2. The van der Waals surface area contributed by atoms with E-state index in [1.807, 2.05) is 103 Å². The second-order valence-corrected chi connectivity index (χ2v) is 17.7. The predicted molar refractivity (Wildman–Crippen MR) is 261 cm³/mol. The van der Waals surface area contributed by atoms with Gasteiger partial charge in [0.25, 0.3) is 10.1 Å². The van der Waals surface area contributed by atoms with Gasteiger partial charge in [-0.2, -0.15) is 18.4 Å². The molecule has 69 heavy (non-hydrogen) atoms. The Balaban J connectivity index is 1.29. The summed E-state index contributed by atoms with van der Waals surface area (Å²) in [6.45, 7) is 0.939. The molecule has 1 amide bonds. The summed E-state index contributed by atoms with van der Waals surface area (Å²) in [7, 11) is -0.821. The molecule has 1 N–H and O–H groups in total. The fourth-order valence-electron chi connectivity index (χ4n) is 7.75. The largest absolute Gasteiger partial charge is 0.480 e. The maximum Gasteiger partial charge on any atom is 0.350 e. The Hall–Kier alpha value is -6.28. The average Bonchev–Trinajstić information content (AvgIpc) is 3.35. The number of benzene rings is 3. The fraction of sp³-hybridized carbons (Fsp3) is 0.392. The van der Waals surface area contributed by atoms with E-state index in [2.05, 4.69) is 15.3 Å². The van der Waals surface area contributed by atoms with Crippen molar-refractivity contribution in [2.45, 2.75) is 63.0 Å². The van der Waals surface area contributed by atoms with Crippen LogP contribution < -0.4 is 26.2 Å². The van der Waals surface area contributed by atoms with Gasteiger partial charge in [-0.15, -0.1) is 0 Å². The van der Waals surface area contributed by atoms with Crippen molar-refractivity contribution >= 4 is 28.2 Å². The van der Waals surface area contributed by atoms with Crippen molar-refractivity contribution in [3.05, 3.63) is 164 Å². The number of rotatable bonds is 13. The van der Waals surface area contributed by atoms with Crippen molar-refractivity contribution in [3.8, 4) is 11.8 Å². The van der Waals surface area contributed by atoms with Gasteiger partial charge in [0.15, 0.2) is 0 Å². The first-order valence-electron chi connectivity index (χ1n) is 22.9. The highest BCUT2D eigenvalue weighted by atomic mass is 32.2. The number of hydrogen-bond donors (Lipinski definition) is 1. The maximum absolute atomic E-state index is 13.4. The van der Waals surface area contributed by atoms with Gasteiger partial charge in [0.2, 0.25) is 17.7 Å². The molecule has 5 aromatic rings. The molecule has 0 aliphatic carbocycles. The number of allylic oxidation sites excluding steroid dienone is 1. The second kappa shape index (κ2) is 26.5. The van der Waals surface area contributed by atoms with Crippen LogP contribution in [0.2, 0.25) is 0 Å². The number of amides is 1. The zero-order valence-electron chi connectivity index (χ0n) is 39.3. The summed E-state index contributed by atoms with van der Waals surface area (Å²) in [6, 6.07) is 29.9. The number of carbonyl (C=O) groups is 1. The molecule has 0 radical (unpaired) electrons. The Labute approximate surface area is 402 Å². The van der Waals surface area contributed by atoms with E-state index in [9.17, 15) is 22.8 Å². The lowest BCUT2D eigenvalue weighted by atomic mass is 9.80. The first-order chi connectivity index (χ1) is 33.5. The van der Waals surface area contributed by atoms with Crippen LogP contribution in [0.3, 0.4) is 0 Å². The molecule has 3 aromatic carbocycles. The molecule has 0 spiro atoms. The van der Waals surface area contributed by atoms with E-state index < -0.39 is 39.3 Å². The Kier molecular flexibility index (Phi) is 20.0. The summed E-state index contributed by atoms with van der Waals surface area (Å²) < 4.78 is 67.9. The molecule has 18 heteroatoms. The molecule has 1 aliphatic heterocycles. The molecule has 0 fully saturated rings. The minimum absolute atomic E-state index is 0.0552. The molecule has 2 atom stereocenters. The number of nitrogens with one attached hydrogen (secondary N) is 1. The molecule has 17 nitrogen and oxygen atoms in total. The van der Waals surface area contributed by atoms with Crippen molar-refractivity contribution in [1.82, 2.24) is 24.4 Å². The van der Waals surface area contributed by atoms with E-state index >= 15 is 0 Å². The summed E-state index contributed by atoms with van der Waals surface area (Å²) in [5.74, 6) is 0.172. The quantitative estimate of drug-likeness (QED) is 0.0895. The van der Waals surface area contributed by atoms with Crippen molar-refractivity contribution in [1.29, 1.82) is 0 Å². The molecule has 368 valence electrons. The Morgan fingerprint density at radius 3 is 1.80 bits per heavy atom. The number of methoxy groups -OCH3 is 2. The van der Waals surface area contributed by atoms with Gasteiger partial charge in [0.05, 0.1) is 83.5 Å². The topological polar surface area (TPSA) is 198 Å². The smallest absolute Gasteiger partial charge is 0.350 e. The minimum Gasteiger partial charge on any atom is -0.480 e. The van der Waals surface area contributed by atoms with E-state index in [0.717, 1.165) is 22.9 Å². The Bertz CT molecular complexity index is 2580. The summed E-state index contributed by atoms with van der Waals surface area (Å²) >= 11 is 0. The maximum atomic E-state index is 13.4. The van der Waals surface area contributed by atoms with Crippen LogP contribution in [0.15, 0.2) is 125 Å². The molecule has 0 saturated heterocycles. The number of ether oxygens (including phenoxy) is 6. The summed E-state index contributed by atoms with van der Waals surface area (Å²) in [5.41, 5.74) is 1.77. The first-order valence-corrected chi connectivity index (χ1v) is 24.7. The highest BCUT2D eigenvalue weighted by molar-refractivity contribution is 7.85. The normalized spacial score (nSPS) is 18.3. The summed E-state index contributed by atoms with van der Waals surface area (Å²) in [4.78, 5) is 47.6. The third-order valence-electron chi connectivity index (χ3n) is 11.2. The van der Waals surface area contributed by atoms with E-state index in [4.69, 9.17) is 32.6 Å². The number of hydrogen-bond acceptors (Lipinski definition) is 14. The molecule has 1 aliphatic rings. The van der Waals surface area contributed by atoms with E-state index in [0.29, 0.717) is 43.4 Å². The molecule has 6 rings (SSSR count). The van der Waals surface area contributed by atoms with Gasteiger partial charge in [-0.25, -0.2) is 9.59 Å². The van der Waals surface area contributed by atoms with Crippen LogP contribution in [0.25, 0.3) is 12.2 Å². The lowest BCUT2D eigenvalue weighted by Crippen LogP contribution is -2.37. The third-order valence-corrected chi connectivity index (χ3v) is 11.7. The lowest BCUT2D eigenvalue weighted by molar-refractivity contribution is -0.120. The van der Waals surface area contributed by atoms with Gasteiger partial charge >= 0.3 is 11.4 Å². The molecular weight excluding hydrogens is 907 g/mol. The van der Waals surface area contributed by atoms with Crippen LogP contribution in [-0.2, 0) is 56.7 Å². The zero-order chi connectivity index (χ0) is 48.9. The van der Waals surface area contributed by atoms with Crippen LogP contribution in [-0.4, -0.2) is 112 Å². The lowest BCUT2D eigenvalue weighted by Gasteiger charge is -2.37. The van der Waals surface area contributed by atoms with Gasteiger partial charge in [0, 0.05) is 38.4 Å². The average molecular weight is 968 g/mol. The number of nitrogens with zero attached hydrogens (tertiary/aromatic N) is 4. The van der Waals surface area contributed by atoms with Crippen molar-refractivity contribution in [3.63, 3.8) is 0 Å². The second-order valence-electron chi connectivity index (χ2n) is 16.1. The Morgan fingerprint density at radius 1 is 0.725 bits per heavy atom. The molecule has 4 bridgehead atoms. The van der Waals surface area contributed by atoms with Gasteiger partial charge in [-0.3, -0.25) is 18.1 Å². The minimum atomic E-state index is -3.70. The highest BCUT2D eigenvalue weighted by Gasteiger charge is 2.38. The Morgan fingerprint density at radius 2 is 1.26 bits per heavy atom. The zero-order valence-corrected chi connectivity index (χ0v) is 40.1. The molecular formula is C51H61N5O12S. The van der Waals surface area contributed by atoms with E-state index in [1.165, 1.54) is 23.4 Å². The van der Waals surface area contributed by atoms with Gasteiger partial charge in [-0.1, -0.05) is 115 Å². The van der Waals surface area contributed by atoms with Crippen molar-refractivity contribution < 1.29 is 45.8 Å². The van der Waals surface area contributed by atoms with Crippen LogP contribution in [0.1, 0.15) is 59.9 Å². The van der Waals surface area contributed by atoms with Crippen LogP contribution in [0.4, 0.5) is 0 Å². The SMILES string of the molecule is COc1nc(=O)n2cc1/C=C/CCNC(=O)CC/C=C/c1cn(c(=O)nc1OC)CC[C@@H](COC(c1ccccc1)(c1ccccc1)c1ccccc1)OCCOC[C@@H](OCCOS(C)(=O)=O)CC2. The fourth-order valence-corrected chi connectivity index (χ4v) is 8.12. The first kappa shape index (κ1) is 52.1. The standard InChI is InChI=1S/C51H61N5O12S/c1-62-47-39-17-13-14-25-46(57)52-28-16-15-18-40-36-55(49(58)54-48(40)63-2)29-26-44(66-33-34-68-69(3,60)61)37-64-31-32-65-45(27-30-56(35-39)50(59)53-47)38-67-51(41-19-7-4-8-20-41,42-21-9-5-10-22-42)43-23-11-6-12-24-43/h4-13,15,17-24,35-36,44-45H,14,16,25-34,37-38H2,1-3H3,(H,52,57)/b17-13+,18-15+/t44-,45-/m0/s1. The summed E-state index contributed by atoms with van der Waals surface area (Å²) in [5, 5.41) is 2.92. The van der Waals surface area contributed by atoms with Gasteiger partial charge in [-0.05, 0) is 42.4 Å². The number of fused-ring (bicyclic) bond motifs is 4. The van der Waals surface area contributed by atoms with Crippen molar-refractivity contribution in [2.75, 3.05) is 66.7 Å². The van der Waals surface area contributed by atoms with Crippen LogP contribution in [0, 0.1) is 0 Å². The predicted octanol–water partition coefficient (Wildman–Crippen LogP) is 5.40. The highest BCUT2D eigenvalue weighted by Crippen LogP contribution is 2.40. The molecule has 2 aromatic heterocycles. The van der Waals surface area contributed by atoms with Gasteiger partial charge in [0.1, 0.15) is 5.60 Å². The van der Waals surface area contributed by atoms with E-state index in [-0.39, 0.29) is 76.8 Å². The van der Waals surface area contributed by atoms with E-state index in [1.54, 1.807) is 24.5 Å². The van der Waals surface area contributed by atoms with Crippen molar-refractivity contribution in [2.24, 2.45) is 0 Å². The number of aromatic nitrogens is 4. The third kappa shape index (κ3) is 15.6. The molecule has 0 saturated carbocycles. The summed E-state index contributed by atoms with van der Waals surface area (Å²) in [6.07, 6.45) is 12.1. The number of carbonyl (C=O) groups excluding carboxylic acids is 1. The monoisotopic (exact) mass is 967 g/mol. The molecule has 0 unspecified atom stereocenters. The van der Waals surface area contributed by atoms with Crippen LogP contribution in [0.5, 0.6) is 11.8 Å². The molecule has 3 heterocycles. The van der Waals surface area contributed by atoms with Gasteiger partial charge < -0.3 is 33.7 Å². The van der Waals surface area contributed by atoms with Crippen LogP contribution >= 0.6 is 0 Å².